The Bertz CT molecular complexity index is 144. The standard InChI is InChI=1S/C11H24N2O/c1-4-7-13-11(14)9-12-8-10(5-2)6-3/h10,12H,4-9H2,1-3H3,(H,13,14). The molecule has 0 aromatic carbocycles. The normalized spacial score (nSPS) is 10.6. The Kier molecular flexibility index (Phi) is 8.64. The third-order valence-electron chi connectivity index (χ3n) is 2.45. The number of rotatable bonds is 8. The van der Waals surface area contributed by atoms with Crippen LogP contribution in [0.25, 0.3) is 0 Å². The van der Waals surface area contributed by atoms with Crippen LogP contribution >= 0.6 is 0 Å². The van der Waals surface area contributed by atoms with E-state index in [9.17, 15) is 4.79 Å². The highest BCUT2D eigenvalue weighted by atomic mass is 16.1. The molecule has 3 heteroatoms. The lowest BCUT2D eigenvalue weighted by Crippen LogP contribution is -2.36. The average molecular weight is 200 g/mol. The molecule has 0 aromatic heterocycles. The lowest BCUT2D eigenvalue weighted by Gasteiger charge is -2.12. The Balaban J connectivity index is 3.38. The zero-order chi connectivity index (χ0) is 10.8. The summed E-state index contributed by atoms with van der Waals surface area (Å²) in [6.07, 6.45) is 3.36. The van der Waals surface area contributed by atoms with Gasteiger partial charge in [-0.25, -0.2) is 0 Å². The van der Waals surface area contributed by atoms with E-state index >= 15 is 0 Å². The van der Waals surface area contributed by atoms with E-state index < -0.39 is 0 Å². The second kappa shape index (κ2) is 9.00. The summed E-state index contributed by atoms with van der Waals surface area (Å²) in [5.41, 5.74) is 0. The van der Waals surface area contributed by atoms with Crippen molar-refractivity contribution in [2.75, 3.05) is 19.6 Å². The van der Waals surface area contributed by atoms with Crippen LogP contribution in [0.15, 0.2) is 0 Å². The van der Waals surface area contributed by atoms with Gasteiger partial charge in [0.1, 0.15) is 0 Å². The molecule has 14 heavy (non-hydrogen) atoms. The van der Waals surface area contributed by atoms with Crippen LogP contribution in [0.1, 0.15) is 40.0 Å². The van der Waals surface area contributed by atoms with E-state index in [4.69, 9.17) is 0 Å². The van der Waals surface area contributed by atoms with Crippen molar-refractivity contribution in [3.8, 4) is 0 Å². The molecule has 0 aliphatic carbocycles. The van der Waals surface area contributed by atoms with E-state index in [0.717, 1.165) is 19.5 Å². The second-order valence-corrected chi connectivity index (χ2v) is 3.66. The second-order valence-electron chi connectivity index (χ2n) is 3.66. The van der Waals surface area contributed by atoms with E-state index in [1.165, 1.54) is 12.8 Å². The van der Waals surface area contributed by atoms with Gasteiger partial charge in [-0.3, -0.25) is 4.79 Å². The molecule has 1 amide bonds. The van der Waals surface area contributed by atoms with Crippen molar-refractivity contribution >= 4 is 5.91 Å². The lowest BCUT2D eigenvalue weighted by atomic mass is 10.0. The van der Waals surface area contributed by atoms with Gasteiger partial charge in [-0.1, -0.05) is 33.6 Å². The smallest absolute Gasteiger partial charge is 0.233 e. The molecule has 2 N–H and O–H groups in total. The highest BCUT2D eigenvalue weighted by Gasteiger charge is 2.04. The average Bonchev–Trinajstić information content (AvgIpc) is 2.21. The van der Waals surface area contributed by atoms with Crippen LogP contribution in [0.5, 0.6) is 0 Å². The molecule has 0 bridgehead atoms. The highest BCUT2D eigenvalue weighted by molar-refractivity contribution is 5.77. The van der Waals surface area contributed by atoms with E-state index in [0.29, 0.717) is 12.5 Å². The molecule has 0 unspecified atom stereocenters. The SMILES string of the molecule is CCCNC(=O)CNCC(CC)CC. The van der Waals surface area contributed by atoms with Crippen molar-refractivity contribution < 1.29 is 4.79 Å². The summed E-state index contributed by atoms with van der Waals surface area (Å²) in [5.74, 6) is 0.812. The lowest BCUT2D eigenvalue weighted by molar-refractivity contribution is -0.120. The van der Waals surface area contributed by atoms with Crippen LogP contribution in [0.4, 0.5) is 0 Å². The van der Waals surface area contributed by atoms with Crippen molar-refractivity contribution in [2.24, 2.45) is 5.92 Å². The molecule has 0 rings (SSSR count). The molecule has 0 radical (unpaired) electrons. The third kappa shape index (κ3) is 6.89. The van der Waals surface area contributed by atoms with Crippen molar-refractivity contribution in [1.82, 2.24) is 10.6 Å². The van der Waals surface area contributed by atoms with E-state index in [2.05, 4.69) is 31.4 Å². The molecular weight excluding hydrogens is 176 g/mol. The van der Waals surface area contributed by atoms with Crippen LogP contribution in [0.2, 0.25) is 0 Å². The minimum Gasteiger partial charge on any atom is -0.355 e. The van der Waals surface area contributed by atoms with Crippen molar-refractivity contribution in [3.05, 3.63) is 0 Å². The third-order valence-corrected chi connectivity index (χ3v) is 2.45. The van der Waals surface area contributed by atoms with Crippen LogP contribution in [0, 0.1) is 5.92 Å². The molecule has 0 saturated heterocycles. The first-order chi connectivity index (χ1) is 6.74. The van der Waals surface area contributed by atoms with Gasteiger partial charge in [-0.15, -0.1) is 0 Å². The summed E-state index contributed by atoms with van der Waals surface area (Å²) < 4.78 is 0. The van der Waals surface area contributed by atoms with Gasteiger partial charge in [0.2, 0.25) is 5.91 Å². The molecule has 0 fully saturated rings. The molecule has 0 atom stereocenters. The molecule has 3 nitrogen and oxygen atoms in total. The molecule has 84 valence electrons. The first kappa shape index (κ1) is 13.4. The Labute approximate surface area is 87.6 Å². The fourth-order valence-electron chi connectivity index (χ4n) is 1.29. The van der Waals surface area contributed by atoms with Gasteiger partial charge in [0.25, 0.3) is 0 Å². The molecular formula is C11H24N2O. The molecule has 0 aliphatic heterocycles. The Hall–Kier alpha value is -0.570. The number of nitrogens with one attached hydrogen (secondary N) is 2. The monoisotopic (exact) mass is 200 g/mol. The van der Waals surface area contributed by atoms with Gasteiger partial charge in [0.05, 0.1) is 6.54 Å². The minimum absolute atomic E-state index is 0.109. The molecule has 0 saturated carbocycles. The minimum atomic E-state index is 0.109. The van der Waals surface area contributed by atoms with Crippen molar-refractivity contribution in [3.63, 3.8) is 0 Å². The molecule has 0 heterocycles. The van der Waals surface area contributed by atoms with E-state index in [-0.39, 0.29) is 5.91 Å². The summed E-state index contributed by atoms with van der Waals surface area (Å²) in [6, 6.07) is 0. The predicted molar refractivity (Wildman–Crippen MR) is 60.2 cm³/mol. The fraction of sp³-hybridized carbons (Fsp3) is 0.909. The maximum Gasteiger partial charge on any atom is 0.233 e. The molecule has 0 spiro atoms. The maximum absolute atomic E-state index is 11.2. The van der Waals surface area contributed by atoms with Crippen LogP contribution in [-0.4, -0.2) is 25.5 Å². The highest BCUT2D eigenvalue weighted by Crippen LogP contribution is 2.04. The Morgan fingerprint density at radius 1 is 1.21 bits per heavy atom. The topological polar surface area (TPSA) is 41.1 Å². The zero-order valence-corrected chi connectivity index (χ0v) is 9.73. The van der Waals surface area contributed by atoms with Crippen LogP contribution in [0.3, 0.4) is 0 Å². The van der Waals surface area contributed by atoms with Gasteiger partial charge in [-0.2, -0.15) is 0 Å². The van der Waals surface area contributed by atoms with Gasteiger partial charge in [0.15, 0.2) is 0 Å². The predicted octanol–water partition coefficient (Wildman–Crippen LogP) is 1.54. The van der Waals surface area contributed by atoms with Crippen LogP contribution < -0.4 is 10.6 Å². The first-order valence-corrected chi connectivity index (χ1v) is 5.71. The van der Waals surface area contributed by atoms with Crippen LogP contribution in [-0.2, 0) is 4.79 Å². The molecule has 0 aliphatic rings. The van der Waals surface area contributed by atoms with Gasteiger partial charge in [0, 0.05) is 6.54 Å². The number of carbonyl (C=O) groups excluding carboxylic acids is 1. The van der Waals surface area contributed by atoms with Crippen molar-refractivity contribution in [2.45, 2.75) is 40.0 Å². The summed E-state index contributed by atoms with van der Waals surface area (Å²) >= 11 is 0. The summed E-state index contributed by atoms with van der Waals surface area (Å²) in [6.45, 7) is 8.62. The number of hydrogen-bond acceptors (Lipinski definition) is 2. The van der Waals surface area contributed by atoms with Gasteiger partial charge >= 0.3 is 0 Å². The summed E-state index contributed by atoms with van der Waals surface area (Å²) in [5, 5.41) is 6.02. The van der Waals surface area contributed by atoms with Gasteiger partial charge in [-0.05, 0) is 18.9 Å². The maximum atomic E-state index is 11.2. The first-order valence-electron chi connectivity index (χ1n) is 5.71. The fourth-order valence-corrected chi connectivity index (χ4v) is 1.29. The summed E-state index contributed by atoms with van der Waals surface area (Å²) in [4.78, 5) is 11.2. The van der Waals surface area contributed by atoms with E-state index in [1.807, 2.05) is 0 Å². The van der Waals surface area contributed by atoms with Crippen molar-refractivity contribution in [1.29, 1.82) is 0 Å². The van der Waals surface area contributed by atoms with Gasteiger partial charge < -0.3 is 10.6 Å². The largest absolute Gasteiger partial charge is 0.355 e. The quantitative estimate of drug-likeness (QED) is 0.624. The Morgan fingerprint density at radius 2 is 1.86 bits per heavy atom. The number of hydrogen-bond donors (Lipinski definition) is 2. The number of carbonyl (C=O) groups is 1. The summed E-state index contributed by atoms with van der Waals surface area (Å²) in [7, 11) is 0. The Morgan fingerprint density at radius 3 is 2.36 bits per heavy atom. The molecule has 0 aromatic rings. The van der Waals surface area contributed by atoms with E-state index in [1.54, 1.807) is 0 Å². The zero-order valence-electron chi connectivity index (χ0n) is 9.73. The number of amides is 1.